The van der Waals surface area contributed by atoms with Gasteiger partial charge in [-0.15, -0.1) is 0 Å². The van der Waals surface area contributed by atoms with Crippen LogP contribution in [-0.4, -0.2) is 90.1 Å². The smallest absolute Gasteiger partial charge is 0.247 e. The Morgan fingerprint density at radius 3 is 2.26 bits per heavy atom. The van der Waals surface area contributed by atoms with Gasteiger partial charge in [-0.2, -0.15) is 0 Å². The minimum Gasteiger partial charge on any atom is -0.340 e. The monoisotopic (exact) mass is 483 g/mol. The van der Waals surface area contributed by atoms with E-state index in [2.05, 4.69) is 10.2 Å². The lowest BCUT2D eigenvalue weighted by molar-refractivity contribution is -0.141. The molecule has 4 rings (SSSR count). The van der Waals surface area contributed by atoms with Crippen LogP contribution in [0.25, 0.3) is 0 Å². The molecule has 3 aliphatic rings. The van der Waals surface area contributed by atoms with Crippen LogP contribution in [0.1, 0.15) is 49.4 Å². The summed E-state index contributed by atoms with van der Waals surface area (Å²) in [7, 11) is 0. The van der Waals surface area contributed by atoms with Crippen LogP contribution in [0.5, 0.6) is 0 Å². The summed E-state index contributed by atoms with van der Waals surface area (Å²) in [4.78, 5) is 55.6. The van der Waals surface area contributed by atoms with Crippen molar-refractivity contribution in [3.8, 4) is 0 Å². The molecule has 190 valence electrons. The van der Waals surface area contributed by atoms with E-state index in [1.165, 1.54) is 0 Å². The second-order valence-corrected chi connectivity index (χ2v) is 10.1. The maximum atomic E-state index is 13.6. The number of rotatable bonds is 6. The second kappa shape index (κ2) is 11.3. The fraction of sp³-hybridized carbons (Fsp3) is 0.615. The highest BCUT2D eigenvalue weighted by Gasteiger charge is 2.44. The van der Waals surface area contributed by atoms with Gasteiger partial charge < -0.3 is 20.9 Å². The molecule has 1 aliphatic carbocycles. The fourth-order valence-electron chi connectivity index (χ4n) is 5.72. The summed E-state index contributed by atoms with van der Waals surface area (Å²) < 4.78 is 0. The Balaban J connectivity index is 1.46. The maximum Gasteiger partial charge on any atom is 0.247 e. The molecule has 2 aliphatic heterocycles. The normalized spacial score (nSPS) is 27.5. The lowest BCUT2D eigenvalue weighted by atomic mass is 9.81. The molecule has 1 aromatic rings. The third kappa shape index (κ3) is 5.90. The predicted molar refractivity (Wildman–Crippen MR) is 133 cm³/mol. The fourth-order valence-corrected chi connectivity index (χ4v) is 5.72. The molecule has 9 nitrogen and oxygen atoms in total. The van der Waals surface area contributed by atoms with Crippen molar-refractivity contribution >= 4 is 29.7 Å². The number of carbonyl (C=O) groups is 4. The minimum atomic E-state index is -0.545. The number of likely N-dealkylation sites (tertiary alicyclic amines) is 1. The first-order chi connectivity index (χ1) is 16.9. The number of piperazine rings is 1. The van der Waals surface area contributed by atoms with Crippen molar-refractivity contribution in [3.63, 3.8) is 0 Å². The number of nitrogens with one attached hydrogen (secondary N) is 1. The van der Waals surface area contributed by atoms with Crippen LogP contribution in [0.15, 0.2) is 24.3 Å². The summed E-state index contributed by atoms with van der Waals surface area (Å²) in [5.41, 5.74) is 6.98. The highest BCUT2D eigenvalue weighted by Crippen LogP contribution is 2.33. The van der Waals surface area contributed by atoms with E-state index in [4.69, 9.17) is 5.73 Å². The predicted octanol–water partition coefficient (Wildman–Crippen LogP) is 1.34. The van der Waals surface area contributed by atoms with Gasteiger partial charge in [0, 0.05) is 62.9 Å². The van der Waals surface area contributed by atoms with E-state index in [0.29, 0.717) is 49.8 Å². The van der Waals surface area contributed by atoms with Gasteiger partial charge in [0.15, 0.2) is 0 Å². The number of amides is 3. The zero-order chi connectivity index (χ0) is 24.9. The number of hydrogen-bond acceptors (Lipinski definition) is 6. The molecule has 0 aromatic heterocycles. The number of aldehydes is 1. The van der Waals surface area contributed by atoms with Gasteiger partial charge in [-0.1, -0.05) is 0 Å². The van der Waals surface area contributed by atoms with Crippen molar-refractivity contribution in [2.75, 3.05) is 44.6 Å². The van der Waals surface area contributed by atoms with Gasteiger partial charge in [0.05, 0.1) is 0 Å². The Hall–Kier alpha value is -2.78. The Morgan fingerprint density at radius 2 is 1.69 bits per heavy atom. The molecule has 1 saturated carbocycles. The van der Waals surface area contributed by atoms with Crippen LogP contribution in [-0.2, 0) is 14.4 Å². The van der Waals surface area contributed by atoms with Gasteiger partial charge >= 0.3 is 0 Å². The third-order valence-electron chi connectivity index (χ3n) is 7.98. The largest absolute Gasteiger partial charge is 0.340 e. The molecular weight excluding hydrogens is 446 g/mol. The Bertz CT molecular complexity index is 920. The molecule has 35 heavy (non-hydrogen) atoms. The van der Waals surface area contributed by atoms with Crippen molar-refractivity contribution in [1.82, 2.24) is 14.7 Å². The van der Waals surface area contributed by atoms with E-state index in [9.17, 15) is 19.2 Å². The van der Waals surface area contributed by atoms with Crippen molar-refractivity contribution in [2.24, 2.45) is 17.6 Å². The molecule has 0 spiro atoms. The Morgan fingerprint density at radius 1 is 1.03 bits per heavy atom. The van der Waals surface area contributed by atoms with E-state index in [0.717, 1.165) is 45.1 Å². The van der Waals surface area contributed by atoms with Crippen LogP contribution in [0.4, 0.5) is 5.69 Å². The number of benzene rings is 1. The lowest BCUT2D eigenvalue weighted by Gasteiger charge is -2.37. The van der Waals surface area contributed by atoms with E-state index < -0.39 is 6.04 Å². The summed E-state index contributed by atoms with van der Waals surface area (Å²) in [6, 6.07) is 6.27. The molecule has 3 fully saturated rings. The number of carbonyl (C=O) groups excluding carboxylic acids is 4. The van der Waals surface area contributed by atoms with Crippen LogP contribution < -0.4 is 11.1 Å². The average molecular weight is 484 g/mol. The third-order valence-corrected chi connectivity index (χ3v) is 7.98. The van der Waals surface area contributed by atoms with Crippen LogP contribution in [0, 0.1) is 11.8 Å². The lowest BCUT2D eigenvalue weighted by Crippen LogP contribution is -2.52. The van der Waals surface area contributed by atoms with Gasteiger partial charge in [0.25, 0.3) is 0 Å². The average Bonchev–Trinajstić information content (AvgIpc) is 3.34. The van der Waals surface area contributed by atoms with Gasteiger partial charge in [-0.25, -0.2) is 0 Å². The first-order valence-corrected chi connectivity index (χ1v) is 12.8. The Labute approximate surface area is 207 Å². The summed E-state index contributed by atoms with van der Waals surface area (Å²) in [5, 5.41) is 2.95. The van der Waals surface area contributed by atoms with Gasteiger partial charge in [0.1, 0.15) is 12.3 Å². The molecule has 1 unspecified atom stereocenters. The SMILES string of the molecule is CC(=O)N1CCN(C2C[C@@H](C(=O)Nc3ccc(C=O)cc3)N(C(=O)C3CCC(CN)CC3)C2)CC1. The van der Waals surface area contributed by atoms with Crippen molar-refractivity contribution in [3.05, 3.63) is 29.8 Å². The van der Waals surface area contributed by atoms with E-state index >= 15 is 0 Å². The van der Waals surface area contributed by atoms with Crippen LogP contribution >= 0.6 is 0 Å². The molecule has 1 aromatic carbocycles. The van der Waals surface area contributed by atoms with Gasteiger partial charge in [-0.05, 0) is 68.8 Å². The van der Waals surface area contributed by atoms with E-state index in [1.807, 2.05) is 4.90 Å². The molecule has 2 heterocycles. The molecule has 2 saturated heterocycles. The number of nitrogens with two attached hydrogens (primary N) is 1. The molecule has 9 heteroatoms. The highest BCUT2D eigenvalue weighted by atomic mass is 16.2. The topological polar surface area (TPSA) is 116 Å². The molecule has 3 N–H and O–H groups in total. The molecular formula is C26H37N5O4. The molecule has 2 atom stereocenters. The van der Waals surface area contributed by atoms with Gasteiger partial charge in [0.2, 0.25) is 17.7 Å². The van der Waals surface area contributed by atoms with Gasteiger partial charge in [-0.3, -0.25) is 24.1 Å². The Kier molecular flexibility index (Phi) is 8.18. The van der Waals surface area contributed by atoms with Crippen LogP contribution in [0.2, 0.25) is 0 Å². The van der Waals surface area contributed by atoms with E-state index in [-0.39, 0.29) is 29.7 Å². The molecule has 0 bridgehead atoms. The standard InChI is InChI=1S/C26H37N5O4/c1-18(33)29-10-12-30(13-11-29)23-14-24(25(34)28-22-8-4-20(17-32)5-9-22)31(16-23)26(35)21-6-2-19(15-27)3-7-21/h4-5,8-9,17,19,21,23-24H,2-3,6-7,10-16,27H2,1H3,(H,28,34)/t19?,21?,23?,24-/m0/s1. The summed E-state index contributed by atoms with van der Waals surface area (Å²) >= 11 is 0. The van der Waals surface area contributed by atoms with Crippen LogP contribution in [0.3, 0.4) is 0 Å². The van der Waals surface area contributed by atoms with Crippen molar-refractivity contribution in [1.29, 1.82) is 0 Å². The zero-order valence-electron chi connectivity index (χ0n) is 20.5. The summed E-state index contributed by atoms with van der Waals surface area (Å²) in [6.45, 7) is 5.61. The minimum absolute atomic E-state index is 0.0618. The summed E-state index contributed by atoms with van der Waals surface area (Å²) in [5.74, 6) is 0.378. The maximum absolute atomic E-state index is 13.6. The summed E-state index contributed by atoms with van der Waals surface area (Å²) in [6.07, 6.45) is 4.89. The van der Waals surface area contributed by atoms with E-state index in [1.54, 1.807) is 36.1 Å². The zero-order valence-corrected chi connectivity index (χ0v) is 20.5. The first kappa shape index (κ1) is 25.3. The molecule has 0 radical (unpaired) electrons. The number of nitrogens with zero attached hydrogens (tertiary/aromatic N) is 3. The van der Waals surface area contributed by atoms with Crippen molar-refractivity contribution < 1.29 is 19.2 Å². The second-order valence-electron chi connectivity index (χ2n) is 10.1. The van der Waals surface area contributed by atoms with Crippen molar-refractivity contribution in [2.45, 2.75) is 51.1 Å². The number of hydrogen-bond donors (Lipinski definition) is 2. The quantitative estimate of drug-likeness (QED) is 0.590. The highest BCUT2D eigenvalue weighted by molar-refractivity contribution is 5.98. The number of anilines is 1. The first-order valence-electron chi connectivity index (χ1n) is 12.8. The molecule has 3 amide bonds.